The molecule has 0 aromatic heterocycles. The molecule has 1 aromatic rings. The lowest BCUT2D eigenvalue weighted by atomic mass is 9.75. The molecule has 5 heteroatoms. The zero-order valence-corrected chi connectivity index (χ0v) is 16.7. The molecule has 0 radical (unpaired) electrons. The highest BCUT2D eigenvalue weighted by Crippen LogP contribution is 2.42. The average Bonchev–Trinajstić information content (AvgIpc) is 2.64. The number of halogens is 1. The number of hydrogen-bond donors (Lipinski definition) is 1. The minimum atomic E-state index is -0.425. The van der Waals surface area contributed by atoms with Gasteiger partial charge in [-0.15, -0.1) is 0 Å². The van der Waals surface area contributed by atoms with E-state index in [-0.39, 0.29) is 11.8 Å². The van der Waals surface area contributed by atoms with Gasteiger partial charge in [0, 0.05) is 34.3 Å². The summed E-state index contributed by atoms with van der Waals surface area (Å²) >= 11 is 6.21. The van der Waals surface area contributed by atoms with Gasteiger partial charge in [-0.2, -0.15) is 0 Å². The van der Waals surface area contributed by atoms with Gasteiger partial charge in [-0.3, -0.25) is 4.79 Å². The van der Waals surface area contributed by atoms with Gasteiger partial charge in [-0.25, -0.2) is 4.79 Å². The zero-order valence-electron chi connectivity index (χ0n) is 15.9. The number of benzene rings is 1. The van der Waals surface area contributed by atoms with Crippen molar-refractivity contribution in [2.24, 2.45) is 0 Å². The Morgan fingerprint density at radius 1 is 1.30 bits per heavy atom. The van der Waals surface area contributed by atoms with Gasteiger partial charge in [-0.1, -0.05) is 43.5 Å². The Hall–Kier alpha value is -2.07. The van der Waals surface area contributed by atoms with Gasteiger partial charge in [0.15, 0.2) is 5.78 Å². The van der Waals surface area contributed by atoms with Gasteiger partial charge in [0.1, 0.15) is 0 Å². The molecule has 0 saturated carbocycles. The van der Waals surface area contributed by atoms with Gasteiger partial charge >= 0.3 is 5.97 Å². The molecule has 0 fully saturated rings. The maximum atomic E-state index is 12.9. The van der Waals surface area contributed by atoms with Crippen LogP contribution in [-0.2, 0) is 14.3 Å². The number of rotatable bonds is 6. The predicted molar refractivity (Wildman–Crippen MR) is 106 cm³/mol. The van der Waals surface area contributed by atoms with Crippen LogP contribution in [0.1, 0.15) is 63.9 Å². The molecule has 0 amide bonds. The highest BCUT2D eigenvalue weighted by molar-refractivity contribution is 6.30. The molecule has 3 rings (SSSR count). The van der Waals surface area contributed by atoms with Crippen LogP contribution in [0, 0.1) is 0 Å². The van der Waals surface area contributed by atoms with Crippen LogP contribution in [0.5, 0.6) is 0 Å². The molecule has 1 N–H and O–H groups in total. The smallest absolute Gasteiger partial charge is 0.336 e. The van der Waals surface area contributed by atoms with Crippen LogP contribution in [0.4, 0.5) is 0 Å². The van der Waals surface area contributed by atoms with E-state index in [2.05, 4.69) is 12.2 Å². The fourth-order valence-corrected chi connectivity index (χ4v) is 4.07. The van der Waals surface area contributed by atoms with Crippen LogP contribution in [0.2, 0.25) is 5.02 Å². The van der Waals surface area contributed by atoms with Crippen LogP contribution >= 0.6 is 11.6 Å². The number of carbonyl (C=O) groups is 2. The lowest BCUT2D eigenvalue weighted by Gasteiger charge is -2.34. The first-order chi connectivity index (χ1) is 13.0. The molecule has 1 aromatic carbocycles. The van der Waals surface area contributed by atoms with Crippen LogP contribution in [0.25, 0.3) is 0 Å². The topological polar surface area (TPSA) is 55.4 Å². The zero-order chi connectivity index (χ0) is 19.4. The fourth-order valence-electron chi connectivity index (χ4n) is 3.87. The molecule has 0 bridgehead atoms. The summed E-state index contributed by atoms with van der Waals surface area (Å²) in [5.74, 6) is -0.685. The van der Waals surface area contributed by atoms with Crippen molar-refractivity contribution in [2.45, 2.75) is 58.3 Å². The largest absolute Gasteiger partial charge is 0.462 e. The van der Waals surface area contributed by atoms with Crippen molar-refractivity contribution in [3.05, 3.63) is 57.4 Å². The van der Waals surface area contributed by atoms with Crippen molar-refractivity contribution in [1.82, 2.24) is 5.32 Å². The molecule has 1 aliphatic heterocycles. The Kier molecular flexibility index (Phi) is 6.38. The molecule has 27 heavy (non-hydrogen) atoms. The molecule has 0 saturated heterocycles. The standard InChI is InChI=1S/C22H26ClNO3/c1-3-4-5-12-27-22(26)19-14(2)24-17-10-7-11-18(25)21(17)20(19)15-8-6-9-16(23)13-15/h6,8-9,13,20,24H,3-5,7,10-12H2,1-2H3/t20-/m1/s1. The van der Waals surface area contributed by atoms with E-state index in [1.807, 2.05) is 25.1 Å². The first-order valence-electron chi connectivity index (χ1n) is 9.69. The molecule has 2 aliphatic rings. The van der Waals surface area contributed by atoms with E-state index >= 15 is 0 Å². The van der Waals surface area contributed by atoms with Crippen molar-refractivity contribution in [3.8, 4) is 0 Å². The van der Waals surface area contributed by atoms with Gasteiger partial charge < -0.3 is 10.1 Å². The van der Waals surface area contributed by atoms with Crippen LogP contribution in [0.15, 0.2) is 46.8 Å². The average molecular weight is 388 g/mol. The normalized spacial score (nSPS) is 19.7. The van der Waals surface area contributed by atoms with E-state index in [9.17, 15) is 9.59 Å². The Labute approximate surface area is 165 Å². The number of Topliss-reactive ketones (excluding diaryl/α,β-unsaturated/α-hetero) is 1. The third kappa shape index (κ3) is 4.27. The van der Waals surface area contributed by atoms with E-state index in [0.29, 0.717) is 29.2 Å². The SMILES string of the molecule is CCCCCOC(=O)C1=C(C)NC2=C(C(=O)CCC2)[C@@H]1c1cccc(Cl)c1. The summed E-state index contributed by atoms with van der Waals surface area (Å²) in [5, 5.41) is 3.89. The van der Waals surface area contributed by atoms with E-state index in [1.54, 1.807) is 6.07 Å². The summed E-state index contributed by atoms with van der Waals surface area (Å²) in [7, 11) is 0. The highest BCUT2D eigenvalue weighted by atomic mass is 35.5. The summed E-state index contributed by atoms with van der Waals surface area (Å²) in [6, 6.07) is 7.41. The van der Waals surface area contributed by atoms with Gasteiger partial charge in [0.05, 0.1) is 12.2 Å². The first kappa shape index (κ1) is 19.7. The maximum Gasteiger partial charge on any atom is 0.336 e. The van der Waals surface area contributed by atoms with Crippen molar-refractivity contribution in [1.29, 1.82) is 0 Å². The number of ketones is 1. The summed E-state index contributed by atoms with van der Waals surface area (Å²) in [6.07, 6.45) is 5.09. The fraction of sp³-hybridized carbons (Fsp3) is 0.455. The molecule has 144 valence electrons. The molecule has 4 nitrogen and oxygen atoms in total. The first-order valence-corrected chi connectivity index (χ1v) is 10.1. The molecular formula is C22H26ClNO3. The number of carbonyl (C=O) groups excluding carboxylic acids is 2. The monoisotopic (exact) mass is 387 g/mol. The Morgan fingerprint density at radius 2 is 2.11 bits per heavy atom. The van der Waals surface area contributed by atoms with E-state index in [0.717, 1.165) is 49.1 Å². The Balaban J connectivity index is 1.99. The molecule has 1 aliphatic carbocycles. The number of allylic oxidation sites excluding steroid dienone is 3. The molecule has 0 spiro atoms. The summed E-state index contributed by atoms with van der Waals surface area (Å²) in [5.41, 5.74) is 3.74. The van der Waals surface area contributed by atoms with Gasteiger partial charge in [0.2, 0.25) is 0 Å². The second kappa shape index (κ2) is 8.75. The minimum Gasteiger partial charge on any atom is -0.462 e. The van der Waals surface area contributed by atoms with E-state index in [4.69, 9.17) is 16.3 Å². The highest BCUT2D eigenvalue weighted by Gasteiger charge is 2.39. The van der Waals surface area contributed by atoms with Crippen molar-refractivity contribution in [2.75, 3.05) is 6.61 Å². The van der Waals surface area contributed by atoms with E-state index in [1.165, 1.54) is 0 Å². The minimum absolute atomic E-state index is 0.0949. The molecule has 1 heterocycles. The van der Waals surface area contributed by atoms with Crippen LogP contribution < -0.4 is 5.32 Å². The quantitative estimate of drug-likeness (QED) is 0.548. The Bertz CT molecular complexity index is 810. The summed E-state index contributed by atoms with van der Waals surface area (Å²) < 4.78 is 5.55. The molecular weight excluding hydrogens is 362 g/mol. The van der Waals surface area contributed by atoms with Gasteiger partial charge in [-0.05, 0) is 43.9 Å². The van der Waals surface area contributed by atoms with Gasteiger partial charge in [0.25, 0.3) is 0 Å². The molecule has 1 atom stereocenters. The third-order valence-corrected chi connectivity index (χ3v) is 5.39. The number of unbranched alkanes of at least 4 members (excludes halogenated alkanes) is 2. The lowest BCUT2D eigenvalue weighted by Crippen LogP contribution is -2.34. The van der Waals surface area contributed by atoms with Crippen molar-refractivity contribution >= 4 is 23.4 Å². The second-order valence-corrected chi connectivity index (χ2v) is 7.60. The number of nitrogens with one attached hydrogen (secondary N) is 1. The Morgan fingerprint density at radius 3 is 2.85 bits per heavy atom. The predicted octanol–water partition coefficient (Wildman–Crippen LogP) is 5.04. The van der Waals surface area contributed by atoms with Crippen LogP contribution in [-0.4, -0.2) is 18.4 Å². The number of hydrogen-bond acceptors (Lipinski definition) is 4. The number of dihydropyridines is 1. The third-order valence-electron chi connectivity index (χ3n) is 5.16. The summed E-state index contributed by atoms with van der Waals surface area (Å²) in [6.45, 7) is 4.38. The van der Waals surface area contributed by atoms with Crippen molar-refractivity contribution < 1.29 is 14.3 Å². The number of esters is 1. The maximum absolute atomic E-state index is 12.9. The van der Waals surface area contributed by atoms with E-state index < -0.39 is 5.92 Å². The van der Waals surface area contributed by atoms with Crippen molar-refractivity contribution in [3.63, 3.8) is 0 Å². The molecule has 0 unspecified atom stereocenters. The van der Waals surface area contributed by atoms with Crippen LogP contribution in [0.3, 0.4) is 0 Å². The lowest BCUT2D eigenvalue weighted by molar-refractivity contribution is -0.139. The second-order valence-electron chi connectivity index (χ2n) is 7.16. The number of ether oxygens (including phenoxy) is 1. The summed E-state index contributed by atoms with van der Waals surface area (Å²) in [4.78, 5) is 25.7.